The van der Waals surface area contributed by atoms with Gasteiger partial charge < -0.3 is 16.7 Å². The van der Waals surface area contributed by atoms with Crippen LogP contribution < -0.4 is 0 Å². The molecule has 12 heavy (non-hydrogen) atoms. The molecular formula is C7H5NO3Ru. The number of hydrogen-bond donors (Lipinski definition) is 1. The number of carbonyl (C=O) groups is 1. The minimum Gasteiger partial charge on any atom is -0.573 e. The minimum atomic E-state index is -0.919. The molecule has 0 saturated heterocycles. The van der Waals surface area contributed by atoms with E-state index < -0.39 is 5.97 Å². The van der Waals surface area contributed by atoms with Crippen LogP contribution in [0.2, 0.25) is 0 Å². The molecule has 0 atom stereocenters. The molecule has 1 N–H and O–H groups in total. The molecule has 0 aliphatic rings. The monoisotopic (exact) mass is 253 g/mol. The molecular weight excluding hydrogens is 247 g/mol. The largest absolute Gasteiger partial charge is 1.00 e. The first kappa shape index (κ1) is 13.5. The molecule has 0 unspecified atom stereocenters. The Morgan fingerprint density at radius 1 is 1.33 bits per heavy atom. The van der Waals surface area contributed by atoms with Crippen LogP contribution in [0, 0.1) is 0 Å². The van der Waals surface area contributed by atoms with E-state index in [1.165, 1.54) is 24.5 Å². The van der Waals surface area contributed by atoms with E-state index in [0.717, 1.165) is 0 Å². The Hall–Kier alpha value is -1.09. The summed E-state index contributed by atoms with van der Waals surface area (Å²) in [4.78, 5) is 21.3. The van der Waals surface area contributed by atoms with Gasteiger partial charge in [0.2, 0.25) is 0 Å². The summed E-state index contributed by atoms with van der Waals surface area (Å²) >= 11 is 0. The van der Waals surface area contributed by atoms with Gasteiger partial charge in [-0.1, -0.05) is 0 Å². The van der Waals surface area contributed by atoms with Gasteiger partial charge in [0.05, 0.1) is 5.56 Å². The first-order valence-electron chi connectivity index (χ1n) is 2.64. The molecule has 0 spiro atoms. The van der Waals surface area contributed by atoms with E-state index in [1.54, 1.807) is 0 Å². The second kappa shape index (κ2) is 8.01. The van der Waals surface area contributed by atoms with Gasteiger partial charge in [0.25, 0.3) is 0 Å². The van der Waals surface area contributed by atoms with Crippen molar-refractivity contribution >= 4 is 12.8 Å². The SMILES string of the molecule is O=C(O)c1ccncc1.[C-]=O.[Ru+]. The number of carboxylic acids is 1. The average molecular weight is 252 g/mol. The molecule has 0 saturated carbocycles. The van der Waals surface area contributed by atoms with E-state index in [4.69, 9.17) is 9.90 Å². The molecule has 1 rings (SSSR count). The van der Waals surface area contributed by atoms with Crippen LogP contribution in [0.5, 0.6) is 0 Å². The van der Waals surface area contributed by atoms with Crippen molar-refractivity contribution in [3.05, 3.63) is 30.1 Å². The normalized spacial score (nSPS) is 7.00. The van der Waals surface area contributed by atoms with Crippen LogP contribution in [-0.4, -0.2) is 22.8 Å². The summed E-state index contributed by atoms with van der Waals surface area (Å²) in [5.74, 6) is -0.919. The molecule has 2 radical (unpaired) electrons. The summed E-state index contributed by atoms with van der Waals surface area (Å²) in [6.07, 6.45) is 2.90. The zero-order valence-electron chi connectivity index (χ0n) is 5.87. The summed E-state index contributed by atoms with van der Waals surface area (Å²) in [5.41, 5.74) is 0.269. The zero-order chi connectivity index (χ0) is 8.69. The van der Waals surface area contributed by atoms with Crippen molar-refractivity contribution in [3.63, 3.8) is 0 Å². The maximum atomic E-state index is 10.2. The molecule has 0 aliphatic carbocycles. The number of rotatable bonds is 1. The molecule has 1 aromatic rings. The van der Waals surface area contributed by atoms with E-state index in [9.17, 15) is 4.79 Å². The average Bonchev–Trinajstić information content (AvgIpc) is 2.10. The number of carboxylic acid groups (broad SMARTS) is 1. The Morgan fingerprint density at radius 2 is 1.75 bits per heavy atom. The van der Waals surface area contributed by atoms with Crippen LogP contribution in [0.3, 0.4) is 0 Å². The Balaban J connectivity index is 0. The van der Waals surface area contributed by atoms with Crippen LogP contribution in [0.4, 0.5) is 0 Å². The van der Waals surface area contributed by atoms with E-state index in [2.05, 4.69) is 11.8 Å². The van der Waals surface area contributed by atoms with Crippen molar-refractivity contribution in [1.29, 1.82) is 0 Å². The van der Waals surface area contributed by atoms with Gasteiger partial charge >= 0.3 is 25.4 Å². The number of hydrogen-bond acceptors (Lipinski definition) is 3. The standard InChI is InChI=1S/C6H5NO2.CO.Ru/c8-6(9)5-1-3-7-4-2-5;1-2;/h1-4H,(H,8,9);;/q;-1;+1. The number of carbonyl (C=O) groups excluding carboxylic acids is 1. The van der Waals surface area contributed by atoms with Crippen molar-refractivity contribution in [3.8, 4) is 0 Å². The van der Waals surface area contributed by atoms with Gasteiger partial charge in [-0.05, 0) is 12.1 Å². The van der Waals surface area contributed by atoms with E-state index in [-0.39, 0.29) is 25.0 Å². The van der Waals surface area contributed by atoms with Crippen LogP contribution in [0.1, 0.15) is 10.4 Å². The molecule has 0 aliphatic heterocycles. The Labute approximate surface area is 82.4 Å². The van der Waals surface area contributed by atoms with Gasteiger partial charge in [0.15, 0.2) is 0 Å². The second-order valence-corrected chi connectivity index (χ2v) is 1.54. The number of aromatic carboxylic acids is 1. The van der Waals surface area contributed by atoms with Crippen LogP contribution in [-0.2, 0) is 24.3 Å². The summed E-state index contributed by atoms with van der Waals surface area (Å²) in [7, 11) is 0. The van der Waals surface area contributed by atoms with Gasteiger partial charge in [-0.15, -0.1) is 0 Å². The topological polar surface area (TPSA) is 67.3 Å². The van der Waals surface area contributed by atoms with E-state index in [0.29, 0.717) is 0 Å². The fraction of sp³-hybridized carbons (Fsp3) is 0. The third-order valence-corrected chi connectivity index (χ3v) is 0.927. The van der Waals surface area contributed by atoms with Crippen molar-refractivity contribution in [2.45, 2.75) is 0 Å². The Kier molecular flexibility index (Phi) is 9.02. The van der Waals surface area contributed by atoms with E-state index >= 15 is 0 Å². The third-order valence-electron chi connectivity index (χ3n) is 0.927. The second-order valence-electron chi connectivity index (χ2n) is 1.54. The molecule has 4 nitrogen and oxygen atoms in total. The van der Waals surface area contributed by atoms with Crippen LogP contribution in [0.25, 0.3) is 0 Å². The predicted molar refractivity (Wildman–Crippen MR) is 36.9 cm³/mol. The predicted octanol–water partition coefficient (Wildman–Crippen LogP) is 0.380. The number of nitrogens with zero attached hydrogens (tertiary/aromatic N) is 1. The van der Waals surface area contributed by atoms with Gasteiger partial charge in [-0.25, -0.2) is 4.79 Å². The Bertz CT molecular complexity index is 227. The number of pyridine rings is 1. The van der Waals surface area contributed by atoms with Crippen molar-refractivity contribution in [2.24, 2.45) is 0 Å². The van der Waals surface area contributed by atoms with Crippen LogP contribution in [0.15, 0.2) is 24.5 Å². The van der Waals surface area contributed by atoms with Crippen molar-refractivity contribution in [2.75, 3.05) is 0 Å². The maximum absolute atomic E-state index is 10.2. The minimum absolute atomic E-state index is 0. The fourth-order valence-electron chi connectivity index (χ4n) is 0.494. The molecule has 0 amide bonds. The number of aromatic nitrogens is 1. The molecule has 1 heterocycles. The smallest absolute Gasteiger partial charge is 0.573 e. The zero-order valence-corrected chi connectivity index (χ0v) is 7.61. The summed E-state index contributed by atoms with van der Waals surface area (Å²) in [5, 5.41) is 8.36. The molecule has 0 fully saturated rings. The van der Waals surface area contributed by atoms with E-state index in [1.807, 2.05) is 0 Å². The van der Waals surface area contributed by atoms with Gasteiger partial charge in [-0.2, -0.15) is 0 Å². The molecule has 64 valence electrons. The quantitative estimate of drug-likeness (QED) is 0.579. The van der Waals surface area contributed by atoms with Gasteiger partial charge in [-0.3, -0.25) is 4.98 Å². The van der Waals surface area contributed by atoms with Crippen molar-refractivity contribution < 1.29 is 34.2 Å². The van der Waals surface area contributed by atoms with Crippen LogP contribution >= 0.6 is 0 Å². The molecule has 0 bridgehead atoms. The Morgan fingerprint density at radius 3 is 2.00 bits per heavy atom. The maximum Gasteiger partial charge on any atom is 1.00 e. The first-order chi connectivity index (χ1) is 5.30. The summed E-state index contributed by atoms with van der Waals surface area (Å²) < 4.78 is 0. The fourth-order valence-corrected chi connectivity index (χ4v) is 0.494. The molecule has 0 aromatic carbocycles. The molecule has 5 heteroatoms. The first-order valence-corrected chi connectivity index (χ1v) is 2.64. The van der Waals surface area contributed by atoms with Gasteiger partial charge in [0, 0.05) is 12.4 Å². The summed E-state index contributed by atoms with van der Waals surface area (Å²) in [6.45, 7) is 4.50. The summed E-state index contributed by atoms with van der Waals surface area (Å²) in [6, 6.07) is 2.89. The van der Waals surface area contributed by atoms with Gasteiger partial charge in [0.1, 0.15) is 0 Å². The van der Waals surface area contributed by atoms with Crippen molar-refractivity contribution in [1.82, 2.24) is 4.98 Å². The molecule has 1 aromatic heterocycles. The third kappa shape index (κ3) is 4.69.